The molecule has 1 aliphatic heterocycles. The van der Waals surface area contributed by atoms with Crippen molar-refractivity contribution in [2.24, 2.45) is 0 Å². The minimum absolute atomic E-state index is 0.192. The van der Waals surface area contributed by atoms with Crippen LogP contribution in [0.1, 0.15) is 17.4 Å². The van der Waals surface area contributed by atoms with Gasteiger partial charge in [0.25, 0.3) is 5.92 Å². The fourth-order valence-corrected chi connectivity index (χ4v) is 3.32. The molecule has 27 heavy (non-hydrogen) atoms. The molecule has 1 aromatic carbocycles. The minimum Gasteiger partial charge on any atom is -0.342 e. The first-order valence-electron chi connectivity index (χ1n) is 7.93. The number of nitrogens with zero attached hydrogens (tertiary/aromatic N) is 3. The van der Waals surface area contributed by atoms with E-state index < -0.39 is 45.7 Å². The highest BCUT2D eigenvalue weighted by Crippen LogP contribution is 2.39. The predicted molar refractivity (Wildman–Crippen MR) is 93.6 cm³/mol. The number of carbonyl (C=O) groups is 1. The topological polar surface area (TPSA) is 72.3 Å². The van der Waals surface area contributed by atoms with Crippen LogP contribution in [0.25, 0.3) is 5.69 Å². The van der Waals surface area contributed by atoms with E-state index >= 15 is 0 Å². The summed E-state index contributed by atoms with van der Waals surface area (Å²) < 4.78 is 64.8. The van der Waals surface area contributed by atoms with Gasteiger partial charge in [0.05, 0.1) is 18.3 Å². The van der Waals surface area contributed by atoms with Gasteiger partial charge in [-0.2, -0.15) is 5.10 Å². The summed E-state index contributed by atoms with van der Waals surface area (Å²) in [6.07, 6.45) is 0. The van der Waals surface area contributed by atoms with Crippen LogP contribution in [0.4, 0.5) is 19.0 Å². The molecule has 3 rings (SSSR count). The number of hydrogen-bond donors (Lipinski definition) is 0. The predicted octanol–water partition coefficient (Wildman–Crippen LogP) is 2.60. The molecule has 1 aromatic heterocycles. The molecule has 1 aliphatic rings. The fourth-order valence-electron chi connectivity index (χ4n) is 2.69. The summed E-state index contributed by atoms with van der Waals surface area (Å²) in [7, 11) is -3.80. The van der Waals surface area contributed by atoms with Gasteiger partial charge in [0, 0.05) is 11.5 Å². The molecule has 0 amide bonds. The van der Waals surface area contributed by atoms with Crippen molar-refractivity contribution in [2.45, 2.75) is 18.9 Å². The van der Waals surface area contributed by atoms with Gasteiger partial charge in [-0.15, -0.1) is 0 Å². The lowest BCUT2D eigenvalue weighted by atomic mass is 10.00. The van der Waals surface area contributed by atoms with Gasteiger partial charge in [-0.25, -0.2) is 26.3 Å². The first kappa shape index (κ1) is 19.2. The molecule has 0 saturated carbocycles. The summed E-state index contributed by atoms with van der Waals surface area (Å²) in [5.41, 5.74) is 0.154. The van der Waals surface area contributed by atoms with Crippen molar-refractivity contribution >= 4 is 21.4 Å². The molecule has 2 aromatic rings. The summed E-state index contributed by atoms with van der Waals surface area (Å²) in [6.45, 7) is 3.90. The maximum atomic E-state index is 13.6. The molecular formula is C17H16F3N3O3S. The van der Waals surface area contributed by atoms with Crippen LogP contribution in [0.3, 0.4) is 0 Å². The van der Waals surface area contributed by atoms with Crippen molar-refractivity contribution in [3.8, 4) is 5.69 Å². The van der Waals surface area contributed by atoms with Crippen molar-refractivity contribution in [3.63, 3.8) is 0 Å². The fraction of sp³-hybridized carbons (Fsp3) is 0.294. The normalized spacial score (nSPS) is 18.8. The van der Waals surface area contributed by atoms with Crippen LogP contribution in [-0.4, -0.2) is 48.2 Å². The number of Topliss-reactive ketones (excluding diaryl/α,β-unsaturated/α-hetero) is 1. The molecule has 0 radical (unpaired) electrons. The number of aromatic nitrogens is 2. The summed E-state index contributed by atoms with van der Waals surface area (Å²) in [6, 6.07) is 5.22. The lowest BCUT2D eigenvalue weighted by Crippen LogP contribution is -2.64. The third-order valence-corrected chi connectivity index (χ3v) is 5.56. The average molecular weight is 399 g/mol. The van der Waals surface area contributed by atoms with Crippen LogP contribution in [0.5, 0.6) is 0 Å². The Hall–Kier alpha value is -2.62. The van der Waals surface area contributed by atoms with Crippen molar-refractivity contribution in [2.75, 3.05) is 17.2 Å². The van der Waals surface area contributed by atoms with Crippen LogP contribution in [-0.2, 0) is 9.84 Å². The highest BCUT2D eigenvalue weighted by molar-refractivity contribution is 7.94. The Bertz CT molecular complexity index is 1000. The molecule has 144 valence electrons. The lowest BCUT2D eigenvalue weighted by molar-refractivity contribution is -0.0645. The van der Waals surface area contributed by atoms with E-state index in [1.165, 1.54) is 46.8 Å². The van der Waals surface area contributed by atoms with Crippen LogP contribution in [0.2, 0.25) is 0 Å². The zero-order chi connectivity index (χ0) is 20.0. The van der Waals surface area contributed by atoms with Gasteiger partial charge in [-0.05, 0) is 31.2 Å². The zero-order valence-corrected chi connectivity index (χ0v) is 15.1. The number of ketones is 1. The Kier molecular flexibility index (Phi) is 4.62. The van der Waals surface area contributed by atoms with E-state index in [-0.39, 0.29) is 11.5 Å². The largest absolute Gasteiger partial charge is 0.342 e. The van der Waals surface area contributed by atoms with Gasteiger partial charge in [-0.1, -0.05) is 6.58 Å². The molecule has 6 nitrogen and oxygen atoms in total. The molecule has 1 atom stereocenters. The Morgan fingerprint density at radius 1 is 1.37 bits per heavy atom. The SMILES string of the molecule is C=CS(=O)(=O)CC(=O)c1cc(N2CC(F)(F)[C@H]2C)n(-c2ccc(F)cc2)n1. The maximum absolute atomic E-state index is 13.6. The summed E-state index contributed by atoms with van der Waals surface area (Å²) in [5.74, 6) is -4.82. The second kappa shape index (κ2) is 6.52. The highest BCUT2D eigenvalue weighted by atomic mass is 32.2. The number of hydrogen-bond acceptors (Lipinski definition) is 5. The molecule has 0 N–H and O–H groups in total. The lowest BCUT2D eigenvalue weighted by Gasteiger charge is -2.46. The van der Waals surface area contributed by atoms with Crippen LogP contribution < -0.4 is 4.90 Å². The van der Waals surface area contributed by atoms with E-state index in [9.17, 15) is 26.4 Å². The van der Waals surface area contributed by atoms with Crippen LogP contribution in [0, 0.1) is 5.82 Å². The molecule has 1 fully saturated rings. The first-order valence-corrected chi connectivity index (χ1v) is 9.64. The molecule has 10 heteroatoms. The van der Waals surface area contributed by atoms with Crippen LogP contribution >= 0.6 is 0 Å². The Morgan fingerprint density at radius 3 is 2.52 bits per heavy atom. The quantitative estimate of drug-likeness (QED) is 0.699. The molecule has 0 spiro atoms. The van der Waals surface area contributed by atoms with Gasteiger partial charge >= 0.3 is 0 Å². The monoisotopic (exact) mass is 399 g/mol. The molecule has 0 bridgehead atoms. The molecule has 0 unspecified atom stereocenters. The smallest absolute Gasteiger partial charge is 0.284 e. The summed E-state index contributed by atoms with van der Waals surface area (Å²) >= 11 is 0. The van der Waals surface area contributed by atoms with E-state index in [1.54, 1.807) is 0 Å². The van der Waals surface area contributed by atoms with Crippen molar-refractivity contribution in [1.82, 2.24) is 9.78 Å². The standard InChI is InChI=1S/C17H16F3N3O3S/c1-3-27(25,26)9-15(24)14-8-16(22-10-17(19,20)11(22)2)23(21-14)13-6-4-12(18)5-7-13/h3-8,11H,1,9-10H2,2H3/t11-/m1/s1. The summed E-state index contributed by atoms with van der Waals surface area (Å²) in [5, 5.41) is 4.74. The molecule has 2 heterocycles. The number of benzene rings is 1. The van der Waals surface area contributed by atoms with Gasteiger partial charge < -0.3 is 4.90 Å². The van der Waals surface area contributed by atoms with Crippen molar-refractivity contribution < 1.29 is 26.4 Å². The molecule has 0 aliphatic carbocycles. The number of carbonyl (C=O) groups excluding carboxylic acids is 1. The van der Waals surface area contributed by atoms with Gasteiger partial charge in [0.15, 0.2) is 15.6 Å². The average Bonchev–Trinajstić information content (AvgIpc) is 3.05. The second-order valence-electron chi connectivity index (χ2n) is 6.24. The number of halogens is 3. The number of alkyl halides is 2. The molecular weight excluding hydrogens is 383 g/mol. The maximum Gasteiger partial charge on any atom is 0.284 e. The zero-order valence-electron chi connectivity index (χ0n) is 14.3. The van der Waals surface area contributed by atoms with E-state index in [4.69, 9.17) is 0 Å². The number of anilines is 1. The second-order valence-corrected chi connectivity index (χ2v) is 8.19. The number of sulfone groups is 1. The number of rotatable bonds is 6. The third kappa shape index (κ3) is 3.61. The van der Waals surface area contributed by atoms with E-state index in [0.29, 0.717) is 11.1 Å². The van der Waals surface area contributed by atoms with Crippen molar-refractivity contribution in [1.29, 1.82) is 0 Å². The van der Waals surface area contributed by atoms with Gasteiger partial charge in [-0.3, -0.25) is 4.79 Å². The highest BCUT2D eigenvalue weighted by Gasteiger charge is 2.53. The van der Waals surface area contributed by atoms with E-state index in [1.807, 2.05) is 0 Å². The Balaban J connectivity index is 2.03. The summed E-state index contributed by atoms with van der Waals surface area (Å²) in [4.78, 5) is 13.6. The minimum atomic E-state index is -3.80. The van der Waals surface area contributed by atoms with Crippen molar-refractivity contribution in [3.05, 3.63) is 53.8 Å². The van der Waals surface area contributed by atoms with E-state index in [2.05, 4.69) is 11.7 Å². The Labute approximate surface area is 153 Å². The van der Waals surface area contributed by atoms with Gasteiger partial charge in [0.2, 0.25) is 0 Å². The van der Waals surface area contributed by atoms with Gasteiger partial charge in [0.1, 0.15) is 23.1 Å². The molecule has 1 saturated heterocycles. The van der Waals surface area contributed by atoms with Crippen LogP contribution in [0.15, 0.2) is 42.3 Å². The third-order valence-electron chi connectivity index (χ3n) is 4.39. The van der Waals surface area contributed by atoms with E-state index in [0.717, 1.165) is 0 Å². The Morgan fingerprint density at radius 2 is 2.00 bits per heavy atom. The first-order chi connectivity index (χ1) is 12.5.